The van der Waals surface area contributed by atoms with E-state index in [-0.39, 0.29) is 0 Å². The molecule has 0 bridgehead atoms. The molecular weight excluding hydrogens is 424 g/mol. The van der Waals surface area contributed by atoms with Crippen LogP contribution in [0, 0.1) is 0 Å². The maximum Gasteiger partial charge on any atom is 0.252 e. The lowest BCUT2D eigenvalue weighted by Gasteiger charge is -2.36. The van der Waals surface area contributed by atoms with E-state index in [1.54, 1.807) is 0 Å². The summed E-state index contributed by atoms with van der Waals surface area (Å²) in [4.78, 5) is 21.3. The molecule has 1 aliphatic heterocycles. The first-order valence-corrected chi connectivity index (χ1v) is 12.0. The average molecular weight is 459 g/mol. The van der Waals surface area contributed by atoms with Crippen molar-refractivity contribution in [2.75, 3.05) is 48.3 Å². The van der Waals surface area contributed by atoms with Crippen molar-refractivity contribution in [1.29, 1.82) is 0 Å². The Balaban J connectivity index is 1.39. The van der Waals surface area contributed by atoms with Crippen LogP contribution in [0.15, 0.2) is 66.9 Å². The molecule has 1 saturated heterocycles. The van der Waals surface area contributed by atoms with Gasteiger partial charge in [-0.15, -0.1) is 0 Å². The van der Waals surface area contributed by atoms with Crippen LogP contribution in [-0.2, 0) is 6.54 Å². The molecule has 178 valence electrons. The number of aromatic nitrogens is 1. The first-order chi connectivity index (χ1) is 16.6. The quantitative estimate of drug-likeness (QED) is 0.416. The summed E-state index contributed by atoms with van der Waals surface area (Å²) in [7, 11) is 0. The van der Waals surface area contributed by atoms with Crippen molar-refractivity contribution in [2.24, 2.45) is 5.73 Å². The van der Waals surface area contributed by atoms with E-state index in [2.05, 4.69) is 56.6 Å². The third kappa shape index (κ3) is 6.26. The Morgan fingerprint density at radius 3 is 2.44 bits per heavy atom. The fourth-order valence-corrected chi connectivity index (χ4v) is 4.17. The van der Waals surface area contributed by atoms with Crippen LogP contribution in [0.1, 0.15) is 35.7 Å². The standard InChI is InChI=1S/C27H34N6O/c1-2-3-13-32-14-16-33(17-15-32)23-11-9-22(10-12-23)31-26-18-25(24(20-30-26)27(28)34)29-19-21-7-5-4-6-8-21/h4-12,18,20H,2-3,13-17,19H2,1H3,(H2,28,34)(H2,29,30,31). The van der Waals surface area contributed by atoms with Gasteiger partial charge < -0.3 is 21.3 Å². The second kappa shape index (κ2) is 11.5. The van der Waals surface area contributed by atoms with Crippen molar-refractivity contribution < 1.29 is 4.79 Å². The van der Waals surface area contributed by atoms with E-state index in [1.165, 1.54) is 31.3 Å². The summed E-state index contributed by atoms with van der Waals surface area (Å²) < 4.78 is 0. The van der Waals surface area contributed by atoms with E-state index >= 15 is 0 Å². The molecule has 2 aromatic carbocycles. The smallest absolute Gasteiger partial charge is 0.252 e. The van der Waals surface area contributed by atoms with E-state index < -0.39 is 5.91 Å². The normalized spacial score (nSPS) is 14.1. The number of anilines is 4. The van der Waals surface area contributed by atoms with Gasteiger partial charge in [0.25, 0.3) is 5.91 Å². The number of benzene rings is 2. The lowest BCUT2D eigenvalue weighted by Crippen LogP contribution is -2.46. The van der Waals surface area contributed by atoms with E-state index in [9.17, 15) is 4.79 Å². The van der Waals surface area contributed by atoms with Gasteiger partial charge in [-0.1, -0.05) is 43.7 Å². The molecule has 0 unspecified atom stereocenters. The maximum atomic E-state index is 11.9. The minimum atomic E-state index is -0.506. The Morgan fingerprint density at radius 2 is 1.76 bits per heavy atom. The highest BCUT2D eigenvalue weighted by Crippen LogP contribution is 2.24. The minimum absolute atomic E-state index is 0.370. The maximum absolute atomic E-state index is 11.9. The van der Waals surface area contributed by atoms with E-state index in [0.717, 1.165) is 37.4 Å². The fraction of sp³-hybridized carbons (Fsp3) is 0.333. The number of nitrogens with zero attached hydrogens (tertiary/aromatic N) is 3. The zero-order valence-electron chi connectivity index (χ0n) is 19.8. The second-order valence-electron chi connectivity index (χ2n) is 8.67. The molecule has 0 spiro atoms. The molecule has 4 rings (SSSR count). The SMILES string of the molecule is CCCCN1CCN(c2ccc(Nc3cc(NCc4ccccc4)c(C(N)=O)cn3)cc2)CC1. The minimum Gasteiger partial charge on any atom is -0.380 e. The van der Waals surface area contributed by atoms with Crippen LogP contribution in [0.2, 0.25) is 0 Å². The number of unbranched alkanes of at least 4 members (excludes halogenated alkanes) is 1. The van der Waals surface area contributed by atoms with Gasteiger partial charge in [0.05, 0.1) is 11.3 Å². The second-order valence-corrected chi connectivity index (χ2v) is 8.67. The lowest BCUT2D eigenvalue weighted by atomic mass is 10.2. The van der Waals surface area contributed by atoms with Gasteiger partial charge >= 0.3 is 0 Å². The van der Waals surface area contributed by atoms with Gasteiger partial charge in [-0.3, -0.25) is 9.69 Å². The molecule has 7 nitrogen and oxygen atoms in total. The molecule has 1 amide bonds. The van der Waals surface area contributed by atoms with Crippen molar-refractivity contribution in [3.8, 4) is 0 Å². The van der Waals surface area contributed by atoms with Crippen LogP contribution >= 0.6 is 0 Å². The Kier molecular flexibility index (Phi) is 7.99. The molecule has 1 aromatic heterocycles. The van der Waals surface area contributed by atoms with Gasteiger partial charge in [0, 0.05) is 56.4 Å². The number of hydrogen-bond acceptors (Lipinski definition) is 6. The van der Waals surface area contributed by atoms with Crippen LogP contribution in [-0.4, -0.2) is 48.5 Å². The number of carbonyl (C=O) groups excluding carboxylic acids is 1. The van der Waals surface area contributed by atoms with Gasteiger partial charge in [0.15, 0.2) is 0 Å². The molecule has 4 N–H and O–H groups in total. The summed E-state index contributed by atoms with van der Waals surface area (Å²) in [5, 5.41) is 6.65. The molecule has 1 fully saturated rings. The fourth-order valence-electron chi connectivity index (χ4n) is 4.17. The van der Waals surface area contributed by atoms with Crippen molar-refractivity contribution in [3.05, 3.63) is 78.0 Å². The summed E-state index contributed by atoms with van der Waals surface area (Å²) in [6.45, 7) is 8.40. The Labute approximate surface area is 202 Å². The molecule has 1 aliphatic rings. The molecule has 7 heteroatoms. The van der Waals surface area contributed by atoms with Crippen molar-refractivity contribution in [3.63, 3.8) is 0 Å². The van der Waals surface area contributed by atoms with Gasteiger partial charge in [0.1, 0.15) is 5.82 Å². The Morgan fingerprint density at radius 1 is 1.03 bits per heavy atom. The molecule has 3 aromatic rings. The molecule has 0 radical (unpaired) electrons. The molecule has 0 saturated carbocycles. The van der Waals surface area contributed by atoms with E-state index in [4.69, 9.17) is 5.73 Å². The third-order valence-corrected chi connectivity index (χ3v) is 6.20. The highest BCUT2D eigenvalue weighted by atomic mass is 16.1. The van der Waals surface area contributed by atoms with Crippen LogP contribution in [0.5, 0.6) is 0 Å². The molecule has 0 aliphatic carbocycles. The average Bonchev–Trinajstić information content (AvgIpc) is 2.87. The number of carbonyl (C=O) groups is 1. The number of pyridine rings is 1. The van der Waals surface area contributed by atoms with Gasteiger partial charge in [0.2, 0.25) is 0 Å². The third-order valence-electron chi connectivity index (χ3n) is 6.20. The zero-order valence-corrected chi connectivity index (χ0v) is 19.8. The Hall–Kier alpha value is -3.58. The van der Waals surface area contributed by atoms with Crippen molar-refractivity contribution in [1.82, 2.24) is 9.88 Å². The summed E-state index contributed by atoms with van der Waals surface area (Å²) in [5.74, 6) is 0.145. The topological polar surface area (TPSA) is 86.5 Å². The largest absolute Gasteiger partial charge is 0.380 e. The number of primary amides is 1. The summed E-state index contributed by atoms with van der Waals surface area (Å²) in [6, 6.07) is 20.3. The van der Waals surface area contributed by atoms with Crippen LogP contribution < -0.4 is 21.3 Å². The highest BCUT2D eigenvalue weighted by molar-refractivity contribution is 5.98. The number of amides is 1. The molecule has 0 atom stereocenters. The first-order valence-electron chi connectivity index (χ1n) is 12.0. The van der Waals surface area contributed by atoms with Gasteiger partial charge in [-0.2, -0.15) is 0 Å². The predicted molar refractivity (Wildman–Crippen MR) is 140 cm³/mol. The zero-order chi connectivity index (χ0) is 23.8. The van der Waals surface area contributed by atoms with Crippen molar-refractivity contribution >= 4 is 28.8 Å². The number of hydrogen-bond donors (Lipinski definition) is 3. The van der Waals surface area contributed by atoms with Crippen LogP contribution in [0.4, 0.5) is 22.9 Å². The summed E-state index contributed by atoms with van der Waals surface area (Å²) in [6.07, 6.45) is 4.04. The van der Waals surface area contributed by atoms with Gasteiger partial charge in [-0.25, -0.2) is 4.98 Å². The number of nitrogens with one attached hydrogen (secondary N) is 2. The molecule has 2 heterocycles. The first kappa shape index (κ1) is 23.6. The monoisotopic (exact) mass is 458 g/mol. The molecular formula is C27H34N6O. The summed E-state index contributed by atoms with van der Waals surface area (Å²) >= 11 is 0. The number of nitrogens with two attached hydrogens (primary N) is 1. The molecule has 34 heavy (non-hydrogen) atoms. The Bertz CT molecular complexity index is 1060. The van der Waals surface area contributed by atoms with E-state index in [0.29, 0.717) is 23.6 Å². The predicted octanol–water partition coefficient (Wildman–Crippen LogP) is 4.46. The lowest BCUT2D eigenvalue weighted by molar-refractivity contribution is 0.100. The van der Waals surface area contributed by atoms with Gasteiger partial charge in [-0.05, 0) is 42.8 Å². The highest BCUT2D eigenvalue weighted by Gasteiger charge is 2.16. The van der Waals surface area contributed by atoms with Crippen molar-refractivity contribution in [2.45, 2.75) is 26.3 Å². The number of rotatable bonds is 10. The van der Waals surface area contributed by atoms with E-state index in [1.807, 2.05) is 36.4 Å². The number of piperazine rings is 1. The van der Waals surface area contributed by atoms with Crippen LogP contribution in [0.25, 0.3) is 0 Å². The van der Waals surface area contributed by atoms with Crippen LogP contribution in [0.3, 0.4) is 0 Å². The summed E-state index contributed by atoms with van der Waals surface area (Å²) in [5.41, 5.74) is 9.89.